The molecule has 1 unspecified atom stereocenters. The zero-order chi connectivity index (χ0) is 7.40. The Balaban J connectivity index is 2.69. The first kappa shape index (κ1) is 7.26. The molecule has 10 heavy (non-hydrogen) atoms. The summed E-state index contributed by atoms with van der Waals surface area (Å²) >= 11 is 0. The van der Waals surface area contributed by atoms with Crippen LogP contribution in [0.1, 0.15) is 19.3 Å². The van der Waals surface area contributed by atoms with Gasteiger partial charge in [-0.25, -0.2) is 0 Å². The highest BCUT2D eigenvalue weighted by Gasteiger charge is 2.07. The number of hydrogen-bond acceptors (Lipinski definition) is 2. The van der Waals surface area contributed by atoms with Gasteiger partial charge in [0.1, 0.15) is 6.29 Å². The fourth-order valence-electron chi connectivity index (χ4n) is 1.02. The van der Waals surface area contributed by atoms with Gasteiger partial charge in [0.05, 0.1) is 6.04 Å². The Kier molecular flexibility index (Phi) is 2.43. The van der Waals surface area contributed by atoms with Crippen LogP contribution in [0, 0.1) is 0 Å². The van der Waals surface area contributed by atoms with E-state index in [0.29, 0.717) is 0 Å². The third-order valence-corrected chi connectivity index (χ3v) is 1.63. The average Bonchev–Trinajstić information content (AvgIpc) is 2.05. The van der Waals surface area contributed by atoms with E-state index in [1.165, 1.54) is 0 Å². The molecule has 1 aliphatic carbocycles. The van der Waals surface area contributed by atoms with Crippen molar-refractivity contribution < 1.29 is 4.79 Å². The fourth-order valence-corrected chi connectivity index (χ4v) is 1.02. The summed E-state index contributed by atoms with van der Waals surface area (Å²) in [6.45, 7) is 0. The Labute approximate surface area is 60.4 Å². The van der Waals surface area contributed by atoms with Crippen LogP contribution in [0.4, 0.5) is 0 Å². The van der Waals surface area contributed by atoms with Crippen molar-refractivity contribution in [3.8, 4) is 0 Å². The number of hydrogen-bond donors (Lipinski definition) is 1. The molecule has 54 valence electrons. The molecule has 0 heterocycles. The smallest absolute Gasteiger partial charge is 0.141 e. The monoisotopic (exact) mass is 137 g/mol. The normalized spacial score (nSPS) is 19.9. The molecular weight excluding hydrogens is 126 g/mol. The van der Waals surface area contributed by atoms with Gasteiger partial charge in [-0.1, -0.05) is 0 Å². The lowest BCUT2D eigenvalue weighted by Gasteiger charge is -2.08. The second kappa shape index (κ2) is 3.35. The zero-order valence-electron chi connectivity index (χ0n) is 5.84. The molecule has 0 amide bonds. The van der Waals surface area contributed by atoms with Crippen molar-refractivity contribution in [3.05, 3.63) is 17.4 Å². The van der Waals surface area contributed by atoms with Crippen LogP contribution in [0.15, 0.2) is 17.4 Å². The van der Waals surface area contributed by atoms with Gasteiger partial charge >= 0.3 is 0 Å². The maximum atomic E-state index is 10.2. The number of carbonyl (C=O) groups excluding carboxylic acids is 1. The van der Waals surface area contributed by atoms with Crippen LogP contribution < -0.4 is 5.73 Å². The van der Waals surface area contributed by atoms with Crippen LogP contribution in [0.5, 0.6) is 0 Å². The maximum absolute atomic E-state index is 10.2. The van der Waals surface area contributed by atoms with E-state index in [9.17, 15) is 4.79 Å². The van der Waals surface area contributed by atoms with E-state index in [-0.39, 0.29) is 0 Å². The van der Waals surface area contributed by atoms with E-state index in [1.807, 2.05) is 6.08 Å². The van der Waals surface area contributed by atoms with E-state index in [2.05, 4.69) is 5.73 Å². The lowest BCUT2D eigenvalue weighted by Crippen LogP contribution is -2.24. The number of nitrogens with two attached hydrogens (primary N) is 1. The third kappa shape index (κ3) is 1.56. The molecule has 2 N–H and O–H groups in total. The van der Waals surface area contributed by atoms with E-state index in [4.69, 9.17) is 5.73 Å². The molecule has 0 fully saturated rings. The predicted octanol–water partition coefficient (Wildman–Crippen LogP) is 0.778. The minimum Gasteiger partial charge on any atom is -0.318 e. The lowest BCUT2D eigenvalue weighted by molar-refractivity contribution is -0.108. The molecule has 1 aliphatic rings. The van der Waals surface area contributed by atoms with E-state index in [1.54, 1.807) is 0 Å². The topological polar surface area (TPSA) is 43.1 Å². The van der Waals surface area contributed by atoms with Crippen LogP contribution >= 0.6 is 0 Å². The summed E-state index contributed by atoms with van der Waals surface area (Å²) in [5, 5.41) is 0. The minimum atomic E-state index is -0.420. The largest absolute Gasteiger partial charge is 0.318 e. The van der Waals surface area contributed by atoms with Crippen LogP contribution in [-0.4, -0.2) is 12.3 Å². The number of rotatable bonds is 2. The van der Waals surface area contributed by atoms with Crippen LogP contribution in [0.2, 0.25) is 0 Å². The van der Waals surface area contributed by atoms with Crippen molar-refractivity contribution in [1.29, 1.82) is 0 Å². The Morgan fingerprint density at radius 1 is 1.80 bits per heavy atom. The van der Waals surface area contributed by atoms with Gasteiger partial charge in [0.25, 0.3) is 0 Å². The number of carbonyl (C=O) groups is 1. The fraction of sp³-hybridized carbons (Fsp3) is 0.500. The molecule has 2 nitrogen and oxygen atoms in total. The van der Waals surface area contributed by atoms with Gasteiger partial charge in [0.2, 0.25) is 0 Å². The van der Waals surface area contributed by atoms with Gasteiger partial charge in [-0.15, -0.1) is 5.73 Å². The van der Waals surface area contributed by atoms with Crippen molar-refractivity contribution in [3.63, 3.8) is 0 Å². The van der Waals surface area contributed by atoms with Gasteiger partial charge < -0.3 is 10.5 Å². The molecule has 0 aromatic heterocycles. The Hall–Kier alpha value is -0.850. The number of aldehydes is 1. The van der Waals surface area contributed by atoms with Gasteiger partial charge in [-0.2, -0.15) is 0 Å². The average molecular weight is 137 g/mol. The molecule has 0 radical (unpaired) electrons. The summed E-state index contributed by atoms with van der Waals surface area (Å²) in [5.41, 5.74) is 9.41. The second-order valence-electron chi connectivity index (χ2n) is 2.43. The quantitative estimate of drug-likeness (QED) is 0.451. The molecule has 0 saturated heterocycles. The Morgan fingerprint density at radius 3 is 3.10 bits per heavy atom. The van der Waals surface area contributed by atoms with Gasteiger partial charge in [-0.05, 0) is 30.9 Å². The van der Waals surface area contributed by atoms with Gasteiger partial charge in [-0.3, -0.25) is 0 Å². The standard InChI is InChI=1S/C8H11NO/c9-8(6-10)7-4-2-1-3-5-7/h2,6,8H,1,3,5,9H2. The van der Waals surface area contributed by atoms with Crippen LogP contribution in [0.25, 0.3) is 0 Å². The molecule has 0 aromatic carbocycles. The Bertz CT molecular complexity index is 189. The predicted molar refractivity (Wildman–Crippen MR) is 39.5 cm³/mol. The molecular formula is C8H11NO. The highest BCUT2D eigenvalue weighted by molar-refractivity contribution is 5.62. The highest BCUT2D eigenvalue weighted by atomic mass is 16.1. The molecule has 0 spiro atoms. The zero-order valence-corrected chi connectivity index (χ0v) is 5.84. The molecule has 0 aromatic rings. The van der Waals surface area contributed by atoms with Crippen molar-refractivity contribution in [2.45, 2.75) is 25.3 Å². The van der Waals surface area contributed by atoms with Crippen molar-refractivity contribution >= 4 is 6.29 Å². The minimum absolute atomic E-state index is 0.420. The molecule has 1 rings (SSSR count). The van der Waals surface area contributed by atoms with E-state index >= 15 is 0 Å². The summed E-state index contributed by atoms with van der Waals surface area (Å²) in [6.07, 6.45) is 5.80. The van der Waals surface area contributed by atoms with Crippen LogP contribution in [-0.2, 0) is 4.79 Å². The summed E-state index contributed by atoms with van der Waals surface area (Å²) in [6, 6.07) is -0.420. The lowest BCUT2D eigenvalue weighted by atomic mass is 10.00. The molecule has 0 aliphatic heterocycles. The van der Waals surface area contributed by atoms with Crippen molar-refractivity contribution in [1.82, 2.24) is 0 Å². The SMILES string of the molecule is NC(C=O)C1=C=CCCC1. The first-order valence-corrected chi connectivity index (χ1v) is 3.49. The third-order valence-electron chi connectivity index (χ3n) is 1.63. The van der Waals surface area contributed by atoms with Crippen LogP contribution in [0.3, 0.4) is 0 Å². The maximum Gasteiger partial charge on any atom is 0.141 e. The molecule has 2 heteroatoms. The van der Waals surface area contributed by atoms with E-state index < -0.39 is 6.04 Å². The summed E-state index contributed by atoms with van der Waals surface area (Å²) in [4.78, 5) is 10.2. The highest BCUT2D eigenvalue weighted by Crippen LogP contribution is 2.12. The van der Waals surface area contributed by atoms with Crippen molar-refractivity contribution in [2.75, 3.05) is 0 Å². The first-order chi connectivity index (χ1) is 4.84. The molecule has 1 atom stereocenters. The summed E-state index contributed by atoms with van der Waals surface area (Å²) in [5.74, 6) is 0. The van der Waals surface area contributed by atoms with Gasteiger partial charge in [0.15, 0.2) is 0 Å². The molecule has 0 bridgehead atoms. The summed E-state index contributed by atoms with van der Waals surface area (Å²) < 4.78 is 0. The summed E-state index contributed by atoms with van der Waals surface area (Å²) in [7, 11) is 0. The molecule has 0 saturated carbocycles. The van der Waals surface area contributed by atoms with Gasteiger partial charge in [0, 0.05) is 0 Å². The van der Waals surface area contributed by atoms with E-state index in [0.717, 1.165) is 31.1 Å². The first-order valence-electron chi connectivity index (χ1n) is 3.49. The second-order valence-corrected chi connectivity index (χ2v) is 2.43. The Morgan fingerprint density at radius 2 is 2.60 bits per heavy atom. The van der Waals surface area contributed by atoms with Crippen molar-refractivity contribution in [2.24, 2.45) is 5.73 Å².